The van der Waals surface area contributed by atoms with Crippen LogP contribution in [0.25, 0.3) is 11.1 Å². The van der Waals surface area contributed by atoms with E-state index in [1.807, 2.05) is 7.05 Å². The van der Waals surface area contributed by atoms with Crippen molar-refractivity contribution in [1.29, 1.82) is 0 Å². The maximum atomic E-state index is 13.4. The van der Waals surface area contributed by atoms with Gasteiger partial charge < -0.3 is 10.5 Å². The molecule has 146 valence electrons. The first-order chi connectivity index (χ1) is 13.0. The van der Waals surface area contributed by atoms with E-state index >= 15 is 0 Å². The molecule has 0 radical (unpaired) electrons. The number of hydrogen-bond acceptors (Lipinski definition) is 6. The Kier molecular flexibility index (Phi) is 9.03. The molecule has 1 saturated heterocycles. The molecule has 1 fully saturated rings. The number of anilines is 1. The molecule has 1 aliphatic rings. The Bertz CT molecular complexity index is 740. The zero-order chi connectivity index (χ0) is 19.6. The number of nitrogen functional groups attached to an aromatic ring is 1. The molecule has 2 aromatic rings. The van der Waals surface area contributed by atoms with Crippen LogP contribution in [0.3, 0.4) is 0 Å². The molecule has 2 aromatic carbocycles. The smallest absolute Gasteiger partial charge is 0.153 e. The molecule has 0 saturated carbocycles. The second-order valence-electron chi connectivity index (χ2n) is 5.88. The fourth-order valence-corrected chi connectivity index (χ4v) is 3.41. The number of rotatable bonds is 5. The largest absolute Gasteiger partial charge is 0.399 e. The first-order valence-electron chi connectivity index (χ1n) is 8.50. The van der Waals surface area contributed by atoms with Gasteiger partial charge in [0, 0.05) is 24.2 Å². The number of benzene rings is 2. The number of carbonyl (C=O) groups is 1. The average Bonchev–Trinajstić information content (AvgIpc) is 2.70. The summed E-state index contributed by atoms with van der Waals surface area (Å²) in [5.41, 5.74) is 10.5. The fraction of sp³-hybridized carbons (Fsp3) is 0.316. The predicted octanol–water partition coefficient (Wildman–Crippen LogP) is 4.08. The van der Waals surface area contributed by atoms with Crippen LogP contribution in [0.1, 0.15) is 23.2 Å². The van der Waals surface area contributed by atoms with Crippen LogP contribution in [0.15, 0.2) is 36.4 Å². The van der Waals surface area contributed by atoms with Gasteiger partial charge in [-0.25, -0.2) is 9.22 Å². The lowest BCUT2D eigenvalue weighted by molar-refractivity contribution is 0.0998. The van der Waals surface area contributed by atoms with Crippen LogP contribution in [0, 0.1) is 5.82 Å². The van der Waals surface area contributed by atoms with Crippen molar-refractivity contribution in [1.82, 2.24) is 10.3 Å². The van der Waals surface area contributed by atoms with Crippen molar-refractivity contribution in [3.8, 4) is 11.1 Å². The molecule has 0 aromatic heterocycles. The highest BCUT2D eigenvalue weighted by Crippen LogP contribution is 2.27. The van der Waals surface area contributed by atoms with Crippen molar-refractivity contribution in [3.05, 3.63) is 52.8 Å². The molecule has 0 atom stereocenters. The highest BCUT2D eigenvalue weighted by atomic mass is 35.5. The number of halogens is 2. The van der Waals surface area contributed by atoms with Crippen LogP contribution >= 0.6 is 23.5 Å². The molecule has 0 spiro atoms. The van der Waals surface area contributed by atoms with Gasteiger partial charge in [-0.1, -0.05) is 35.7 Å². The van der Waals surface area contributed by atoms with E-state index in [-0.39, 0.29) is 10.6 Å². The third-order valence-electron chi connectivity index (χ3n) is 3.92. The third-order valence-corrected chi connectivity index (χ3v) is 5.33. The van der Waals surface area contributed by atoms with Gasteiger partial charge in [0.15, 0.2) is 12.1 Å². The molecule has 1 heterocycles. The van der Waals surface area contributed by atoms with E-state index < -0.39 is 5.82 Å². The number of nitrogens with two attached hydrogens (primary N) is 1. The molecule has 3 rings (SSSR count). The number of hydrogen-bond donors (Lipinski definition) is 3. The standard InChI is InChI=1S/C13H9ClFNO.C6H14N2OS/c14-12-6-9(5-10(7-17)13(12)15)8-1-3-11(16)4-2-8;1-7-8-10-6-2-4-9-5-3-6/h1-7H,16H2;6-8H,2-5H2,1H3. The van der Waals surface area contributed by atoms with Gasteiger partial charge in [0.2, 0.25) is 0 Å². The molecule has 27 heavy (non-hydrogen) atoms. The van der Waals surface area contributed by atoms with Gasteiger partial charge >= 0.3 is 0 Å². The zero-order valence-electron chi connectivity index (χ0n) is 15.0. The minimum absolute atomic E-state index is 0.0516. The predicted molar refractivity (Wildman–Crippen MR) is 110 cm³/mol. The molecule has 0 amide bonds. The SMILES string of the molecule is CNNSC1CCOCC1.Nc1ccc(-c2cc(Cl)c(F)c(C=O)c2)cc1. The van der Waals surface area contributed by atoms with Crippen molar-refractivity contribution in [2.24, 2.45) is 0 Å². The lowest BCUT2D eigenvalue weighted by atomic mass is 10.0. The van der Waals surface area contributed by atoms with Crippen LogP contribution in [0.5, 0.6) is 0 Å². The van der Waals surface area contributed by atoms with E-state index in [0.29, 0.717) is 17.5 Å². The van der Waals surface area contributed by atoms with E-state index in [2.05, 4.69) is 10.3 Å². The van der Waals surface area contributed by atoms with E-state index in [1.165, 1.54) is 25.0 Å². The second kappa shape index (κ2) is 11.3. The number of aldehydes is 1. The summed E-state index contributed by atoms with van der Waals surface area (Å²) in [4.78, 5) is 13.7. The Morgan fingerprint density at radius 3 is 2.48 bits per heavy atom. The molecule has 1 aliphatic heterocycles. The van der Waals surface area contributed by atoms with Crippen molar-refractivity contribution < 1.29 is 13.9 Å². The molecule has 5 nitrogen and oxygen atoms in total. The highest BCUT2D eigenvalue weighted by molar-refractivity contribution is 7.97. The van der Waals surface area contributed by atoms with Gasteiger partial charge in [-0.05, 0) is 55.3 Å². The van der Waals surface area contributed by atoms with Gasteiger partial charge in [0.1, 0.15) is 0 Å². The Hall–Kier alpha value is -1.64. The minimum Gasteiger partial charge on any atom is -0.399 e. The summed E-state index contributed by atoms with van der Waals surface area (Å²) in [6.45, 7) is 1.84. The second-order valence-corrected chi connectivity index (χ2v) is 7.40. The molecule has 0 bridgehead atoms. The normalized spacial score (nSPS) is 14.3. The van der Waals surface area contributed by atoms with Crippen molar-refractivity contribution in [2.75, 3.05) is 26.0 Å². The molecular weight excluding hydrogens is 389 g/mol. The topological polar surface area (TPSA) is 76.4 Å². The van der Waals surface area contributed by atoms with Crippen LogP contribution in [-0.4, -0.2) is 31.8 Å². The summed E-state index contributed by atoms with van der Waals surface area (Å²) in [5, 5.41) is 0.655. The maximum absolute atomic E-state index is 13.4. The third kappa shape index (κ3) is 6.79. The van der Waals surface area contributed by atoms with Crippen LogP contribution in [-0.2, 0) is 4.74 Å². The van der Waals surface area contributed by atoms with Gasteiger partial charge in [-0.2, -0.15) is 0 Å². The summed E-state index contributed by atoms with van der Waals surface area (Å²) in [6, 6.07) is 9.97. The summed E-state index contributed by atoms with van der Waals surface area (Å²) < 4.78 is 18.6. The monoisotopic (exact) mass is 411 g/mol. The van der Waals surface area contributed by atoms with Gasteiger partial charge in [-0.15, -0.1) is 0 Å². The first kappa shape index (κ1) is 21.7. The fourth-order valence-electron chi connectivity index (χ4n) is 2.47. The Labute approximate surface area is 167 Å². The first-order valence-corrected chi connectivity index (χ1v) is 9.76. The molecule has 8 heteroatoms. The summed E-state index contributed by atoms with van der Waals surface area (Å²) in [5.74, 6) is -0.694. The minimum atomic E-state index is -0.694. The van der Waals surface area contributed by atoms with Gasteiger partial charge in [0.25, 0.3) is 0 Å². The van der Waals surface area contributed by atoms with Crippen molar-refractivity contribution >= 4 is 35.5 Å². The quantitative estimate of drug-likeness (QED) is 0.298. The van der Waals surface area contributed by atoms with Crippen LogP contribution in [0.4, 0.5) is 10.1 Å². The summed E-state index contributed by atoms with van der Waals surface area (Å²) in [7, 11) is 1.88. The van der Waals surface area contributed by atoms with Crippen LogP contribution < -0.4 is 16.0 Å². The summed E-state index contributed by atoms with van der Waals surface area (Å²) >= 11 is 7.48. The molecule has 0 unspecified atom stereocenters. The number of nitrogens with one attached hydrogen (secondary N) is 2. The van der Waals surface area contributed by atoms with E-state index in [0.717, 1.165) is 24.0 Å². The van der Waals surface area contributed by atoms with Crippen molar-refractivity contribution in [2.45, 2.75) is 18.1 Å². The zero-order valence-corrected chi connectivity index (χ0v) is 16.6. The Morgan fingerprint density at radius 1 is 1.22 bits per heavy atom. The highest BCUT2D eigenvalue weighted by Gasteiger charge is 2.13. The number of carbonyl (C=O) groups excluding carboxylic acids is 1. The molecule has 4 N–H and O–H groups in total. The lowest BCUT2D eigenvalue weighted by Gasteiger charge is -2.20. The van der Waals surface area contributed by atoms with E-state index in [4.69, 9.17) is 22.1 Å². The lowest BCUT2D eigenvalue weighted by Crippen LogP contribution is -2.26. The number of hydrazine groups is 1. The van der Waals surface area contributed by atoms with Crippen LogP contribution in [0.2, 0.25) is 5.02 Å². The van der Waals surface area contributed by atoms with Gasteiger partial charge in [0.05, 0.1) is 10.6 Å². The Balaban J connectivity index is 0.000000223. The Morgan fingerprint density at radius 2 is 1.89 bits per heavy atom. The molecule has 0 aliphatic carbocycles. The average molecular weight is 412 g/mol. The molecular formula is C19H23ClFN3O2S. The number of ether oxygens (including phenoxy) is 1. The van der Waals surface area contributed by atoms with E-state index in [1.54, 1.807) is 36.2 Å². The van der Waals surface area contributed by atoms with E-state index in [9.17, 15) is 9.18 Å². The summed E-state index contributed by atoms with van der Waals surface area (Å²) in [6.07, 6.45) is 2.78. The maximum Gasteiger partial charge on any atom is 0.153 e. The van der Waals surface area contributed by atoms with Gasteiger partial charge in [-0.3, -0.25) is 10.2 Å². The van der Waals surface area contributed by atoms with Crippen molar-refractivity contribution in [3.63, 3.8) is 0 Å².